The number of benzene rings is 1. The van der Waals surface area contributed by atoms with Crippen LogP contribution < -0.4 is 4.74 Å². The van der Waals surface area contributed by atoms with E-state index in [9.17, 15) is 4.79 Å². The Morgan fingerprint density at radius 3 is 2.64 bits per heavy atom. The minimum absolute atomic E-state index is 0.190. The Morgan fingerprint density at radius 1 is 1.25 bits per heavy atom. The minimum atomic E-state index is -0.190. The Balaban J connectivity index is 1.63. The average Bonchev–Trinajstić information content (AvgIpc) is 3.26. The Labute approximate surface area is 169 Å². The van der Waals surface area contributed by atoms with Crippen molar-refractivity contribution in [3.63, 3.8) is 0 Å². The largest absolute Gasteiger partial charge is 0.471 e. The molecule has 0 saturated heterocycles. The first kappa shape index (κ1) is 19.9. The zero-order chi connectivity index (χ0) is 20.3. The van der Waals surface area contributed by atoms with Crippen molar-refractivity contribution in [1.29, 1.82) is 0 Å². The number of hydrogen-bond acceptors (Lipinski definition) is 4. The van der Waals surface area contributed by atoms with Crippen molar-refractivity contribution in [3.05, 3.63) is 64.2 Å². The summed E-state index contributed by atoms with van der Waals surface area (Å²) in [5, 5.41) is 9.08. The maximum absolute atomic E-state index is 12.7. The van der Waals surface area contributed by atoms with Crippen LogP contribution in [-0.2, 0) is 19.8 Å². The van der Waals surface area contributed by atoms with Gasteiger partial charge in [0.1, 0.15) is 5.75 Å². The van der Waals surface area contributed by atoms with Crippen molar-refractivity contribution < 1.29 is 9.53 Å². The van der Waals surface area contributed by atoms with Gasteiger partial charge in [0.25, 0.3) is 5.91 Å². The molecule has 0 bridgehead atoms. The summed E-state index contributed by atoms with van der Waals surface area (Å²) in [5.41, 5.74) is 3.43. The summed E-state index contributed by atoms with van der Waals surface area (Å²) in [4.78, 5) is 14.3. The molecule has 0 saturated carbocycles. The maximum atomic E-state index is 12.7. The summed E-state index contributed by atoms with van der Waals surface area (Å²) in [6.07, 6.45) is 3.32. The predicted molar refractivity (Wildman–Crippen MR) is 107 cm³/mol. The first-order valence-corrected chi connectivity index (χ1v) is 9.45. The van der Waals surface area contributed by atoms with Crippen LogP contribution in [0.1, 0.15) is 34.2 Å². The molecule has 0 N–H and O–H groups in total. The number of carbonyl (C=O) groups excluding carboxylic acids is 1. The van der Waals surface area contributed by atoms with Crippen LogP contribution in [0.3, 0.4) is 0 Å². The molecule has 0 aliphatic heterocycles. The first-order valence-electron chi connectivity index (χ1n) is 9.07. The van der Waals surface area contributed by atoms with Gasteiger partial charge in [-0.25, -0.2) is 4.68 Å². The minimum Gasteiger partial charge on any atom is -0.471 e. The summed E-state index contributed by atoms with van der Waals surface area (Å²) in [5.74, 6) is 0.588. The second kappa shape index (κ2) is 8.48. The van der Waals surface area contributed by atoms with Crippen molar-refractivity contribution >= 4 is 17.5 Å². The third-order valence-corrected chi connectivity index (χ3v) is 4.67. The topological polar surface area (TPSA) is 65.2 Å². The molecule has 1 amide bonds. The maximum Gasteiger partial charge on any atom is 0.274 e. The third kappa shape index (κ3) is 4.54. The molecule has 1 aromatic carbocycles. The number of rotatable bonds is 7. The van der Waals surface area contributed by atoms with E-state index in [0.29, 0.717) is 23.8 Å². The van der Waals surface area contributed by atoms with Crippen LogP contribution in [0.5, 0.6) is 5.75 Å². The van der Waals surface area contributed by atoms with E-state index in [-0.39, 0.29) is 12.6 Å². The zero-order valence-corrected chi connectivity index (χ0v) is 17.3. The quantitative estimate of drug-likeness (QED) is 0.605. The fraction of sp³-hybridized carbons (Fsp3) is 0.350. The molecular formula is C20H24ClN5O2. The van der Waals surface area contributed by atoms with Gasteiger partial charge in [0, 0.05) is 19.8 Å². The molecule has 0 unspecified atom stereocenters. The van der Waals surface area contributed by atoms with E-state index < -0.39 is 0 Å². The molecule has 3 aromatic rings. The molecule has 148 valence electrons. The van der Waals surface area contributed by atoms with Crippen LogP contribution in [0.2, 0.25) is 5.02 Å². The lowest BCUT2D eigenvalue weighted by Gasteiger charge is -2.17. The first-order chi connectivity index (χ1) is 13.4. The molecule has 3 rings (SSSR count). The summed E-state index contributed by atoms with van der Waals surface area (Å²) in [6, 6.07) is 7.71. The Kier molecular flexibility index (Phi) is 6.04. The molecule has 0 radical (unpaired) electrons. The highest BCUT2D eigenvalue weighted by atomic mass is 35.5. The second-order valence-corrected chi connectivity index (χ2v) is 7.16. The molecule has 28 heavy (non-hydrogen) atoms. The Morgan fingerprint density at radius 2 is 1.96 bits per heavy atom. The van der Waals surface area contributed by atoms with Crippen LogP contribution in [-0.4, -0.2) is 37.4 Å². The van der Waals surface area contributed by atoms with Gasteiger partial charge in [0.05, 0.1) is 23.5 Å². The lowest BCUT2D eigenvalue weighted by atomic mass is 10.1. The molecule has 2 heterocycles. The highest BCUT2D eigenvalue weighted by Crippen LogP contribution is 2.18. The summed E-state index contributed by atoms with van der Waals surface area (Å²) >= 11 is 6.19. The SMILES string of the molecule is CCn1ncc(Cl)c1CN(C)C(=O)c1ccn(COc2cc(C)cc(C)c2)n1. The molecule has 0 fully saturated rings. The lowest BCUT2D eigenvalue weighted by molar-refractivity contribution is 0.0773. The van der Waals surface area contributed by atoms with Gasteiger partial charge in [-0.05, 0) is 50.1 Å². The summed E-state index contributed by atoms with van der Waals surface area (Å²) < 4.78 is 9.16. The Hall–Kier alpha value is -2.80. The molecule has 0 aliphatic rings. The Bertz CT molecular complexity index is 959. The number of ether oxygens (including phenoxy) is 1. The van der Waals surface area contributed by atoms with Crippen molar-refractivity contribution in [3.8, 4) is 5.75 Å². The van der Waals surface area contributed by atoms with Gasteiger partial charge < -0.3 is 9.64 Å². The van der Waals surface area contributed by atoms with Crippen molar-refractivity contribution in [2.24, 2.45) is 0 Å². The van der Waals surface area contributed by atoms with Gasteiger partial charge in [-0.3, -0.25) is 9.48 Å². The molecule has 7 nitrogen and oxygen atoms in total. The molecular weight excluding hydrogens is 378 g/mol. The zero-order valence-electron chi connectivity index (χ0n) is 16.5. The fourth-order valence-corrected chi connectivity index (χ4v) is 3.22. The van der Waals surface area contributed by atoms with Gasteiger partial charge in [-0.15, -0.1) is 0 Å². The summed E-state index contributed by atoms with van der Waals surface area (Å²) in [7, 11) is 1.72. The van der Waals surface area contributed by atoms with E-state index in [2.05, 4.69) is 16.3 Å². The third-order valence-electron chi connectivity index (χ3n) is 4.35. The number of carbonyl (C=O) groups is 1. The van der Waals surface area contributed by atoms with Crippen molar-refractivity contribution in [2.75, 3.05) is 7.05 Å². The second-order valence-electron chi connectivity index (χ2n) is 6.75. The molecule has 0 atom stereocenters. The lowest BCUT2D eigenvalue weighted by Crippen LogP contribution is -2.28. The molecule has 8 heteroatoms. The molecule has 2 aromatic heterocycles. The number of nitrogens with zero attached hydrogens (tertiary/aromatic N) is 5. The van der Waals surface area contributed by atoms with Crippen molar-refractivity contribution in [2.45, 2.75) is 40.6 Å². The number of halogens is 1. The molecule has 0 aliphatic carbocycles. The number of amides is 1. The van der Waals surface area contributed by atoms with Gasteiger partial charge >= 0.3 is 0 Å². The van der Waals surface area contributed by atoms with Crippen LogP contribution in [0.25, 0.3) is 0 Å². The highest BCUT2D eigenvalue weighted by Gasteiger charge is 2.18. The normalized spacial score (nSPS) is 10.9. The van der Waals surface area contributed by atoms with Gasteiger partial charge in [-0.2, -0.15) is 10.2 Å². The van der Waals surface area contributed by atoms with Gasteiger partial charge in [-0.1, -0.05) is 17.7 Å². The smallest absolute Gasteiger partial charge is 0.274 e. The summed E-state index contributed by atoms with van der Waals surface area (Å²) in [6.45, 7) is 7.31. The molecule has 0 spiro atoms. The standard InChI is InChI=1S/C20H24ClN5O2/c1-5-26-19(17(21)11-22-26)12-24(4)20(27)18-6-7-25(23-18)13-28-16-9-14(2)8-15(3)10-16/h6-11H,5,12-13H2,1-4H3. The van der Waals surface area contributed by atoms with Crippen LogP contribution >= 0.6 is 11.6 Å². The van der Waals surface area contributed by atoms with E-state index >= 15 is 0 Å². The number of aromatic nitrogens is 4. The van der Waals surface area contributed by atoms with E-state index in [1.165, 1.54) is 0 Å². The fourth-order valence-electron chi connectivity index (χ4n) is 3.01. The average molecular weight is 402 g/mol. The highest BCUT2D eigenvalue weighted by molar-refractivity contribution is 6.31. The van der Waals surface area contributed by atoms with E-state index in [0.717, 1.165) is 22.6 Å². The van der Waals surface area contributed by atoms with Gasteiger partial charge in [0.2, 0.25) is 0 Å². The van der Waals surface area contributed by atoms with Crippen LogP contribution in [0.4, 0.5) is 0 Å². The monoisotopic (exact) mass is 401 g/mol. The van der Waals surface area contributed by atoms with E-state index in [4.69, 9.17) is 16.3 Å². The van der Waals surface area contributed by atoms with E-state index in [1.807, 2.05) is 32.9 Å². The van der Waals surface area contributed by atoms with E-state index in [1.54, 1.807) is 39.8 Å². The number of hydrogen-bond donors (Lipinski definition) is 0. The van der Waals surface area contributed by atoms with Crippen LogP contribution in [0.15, 0.2) is 36.7 Å². The number of aryl methyl sites for hydroxylation is 3. The van der Waals surface area contributed by atoms with Crippen molar-refractivity contribution in [1.82, 2.24) is 24.5 Å². The van der Waals surface area contributed by atoms with Crippen LogP contribution in [0, 0.1) is 13.8 Å². The predicted octanol–water partition coefficient (Wildman–Crippen LogP) is 3.68. The van der Waals surface area contributed by atoms with Gasteiger partial charge in [0.15, 0.2) is 12.4 Å².